The molecule has 2 aromatic carbocycles. The summed E-state index contributed by atoms with van der Waals surface area (Å²) >= 11 is 6.17. The van der Waals surface area contributed by atoms with E-state index in [0.717, 1.165) is 4.57 Å². The number of hydrogen-bond acceptors (Lipinski definition) is 8. The zero-order chi connectivity index (χ0) is 25.8. The molecule has 4 rings (SSSR count). The number of hydrazone groups is 1. The number of imidazole rings is 1. The van der Waals surface area contributed by atoms with Gasteiger partial charge in [-0.2, -0.15) is 10.1 Å². The summed E-state index contributed by atoms with van der Waals surface area (Å²) in [6.45, 7) is -0.107. The van der Waals surface area contributed by atoms with Crippen LogP contribution in [0.2, 0.25) is 5.02 Å². The van der Waals surface area contributed by atoms with Gasteiger partial charge in [-0.3, -0.25) is 13.9 Å². The number of aromatic nitrogens is 4. The van der Waals surface area contributed by atoms with Gasteiger partial charge in [0.25, 0.3) is 5.56 Å². The van der Waals surface area contributed by atoms with Gasteiger partial charge in [-0.25, -0.2) is 10.2 Å². The molecule has 0 saturated carbocycles. The Labute approximate surface area is 210 Å². The van der Waals surface area contributed by atoms with E-state index in [1.807, 2.05) is 6.07 Å². The van der Waals surface area contributed by atoms with Crippen molar-refractivity contribution in [3.05, 3.63) is 80.0 Å². The third-order valence-electron chi connectivity index (χ3n) is 5.52. The van der Waals surface area contributed by atoms with Gasteiger partial charge in [-0.1, -0.05) is 29.8 Å². The summed E-state index contributed by atoms with van der Waals surface area (Å²) in [5, 5.41) is 15.4. The Morgan fingerprint density at radius 2 is 1.81 bits per heavy atom. The Morgan fingerprint density at radius 3 is 2.50 bits per heavy atom. The van der Waals surface area contributed by atoms with Crippen molar-refractivity contribution >= 4 is 34.9 Å². The maximum Gasteiger partial charge on any atom is 0.332 e. The van der Waals surface area contributed by atoms with Crippen LogP contribution in [0.5, 0.6) is 11.5 Å². The third-order valence-corrected chi connectivity index (χ3v) is 5.86. The second-order valence-electron chi connectivity index (χ2n) is 7.96. The summed E-state index contributed by atoms with van der Waals surface area (Å²) in [5.41, 5.74) is 2.69. The second kappa shape index (κ2) is 10.7. The van der Waals surface area contributed by atoms with Crippen LogP contribution in [0.3, 0.4) is 0 Å². The van der Waals surface area contributed by atoms with Crippen LogP contribution in [0.25, 0.3) is 11.2 Å². The molecule has 188 valence electrons. The van der Waals surface area contributed by atoms with Crippen molar-refractivity contribution in [3.8, 4) is 11.5 Å². The lowest BCUT2D eigenvalue weighted by atomic mass is 10.2. The largest absolute Gasteiger partial charge is 0.497 e. The molecule has 2 aromatic heterocycles. The van der Waals surface area contributed by atoms with E-state index >= 15 is 0 Å². The van der Waals surface area contributed by atoms with Crippen LogP contribution in [0.4, 0.5) is 5.95 Å². The highest BCUT2D eigenvalue weighted by atomic mass is 35.5. The van der Waals surface area contributed by atoms with Gasteiger partial charge in [0.1, 0.15) is 24.2 Å². The molecule has 2 heterocycles. The fourth-order valence-electron chi connectivity index (χ4n) is 3.58. The Kier molecular flexibility index (Phi) is 7.41. The number of halogens is 1. The van der Waals surface area contributed by atoms with Crippen molar-refractivity contribution in [1.82, 2.24) is 18.7 Å². The molecule has 0 radical (unpaired) electrons. The van der Waals surface area contributed by atoms with Crippen molar-refractivity contribution in [1.29, 1.82) is 0 Å². The maximum absolute atomic E-state index is 13.0. The van der Waals surface area contributed by atoms with Crippen molar-refractivity contribution in [3.63, 3.8) is 0 Å². The number of rotatable bonds is 9. The summed E-state index contributed by atoms with van der Waals surface area (Å²) in [7, 11) is 4.47. The van der Waals surface area contributed by atoms with Crippen LogP contribution in [-0.4, -0.2) is 49.8 Å². The predicted molar refractivity (Wildman–Crippen MR) is 137 cm³/mol. The Hall–Kier alpha value is -4.09. The number of fused-ring (bicyclic) bond motifs is 1. The molecular formula is C24H25ClN6O5. The highest BCUT2D eigenvalue weighted by Crippen LogP contribution is 2.19. The van der Waals surface area contributed by atoms with E-state index in [1.165, 1.54) is 29.4 Å². The minimum atomic E-state index is -1.01. The molecule has 0 spiro atoms. The van der Waals surface area contributed by atoms with Gasteiger partial charge in [-0.05, 0) is 30.3 Å². The topological polar surface area (TPSA) is 125 Å². The summed E-state index contributed by atoms with van der Waals surface area (Å²) < 4.78 is 14.5. The number of hydrogen-bond donors (Lipinski definition) is 2. The van der Waals surface area contributed by atoms with E-state index in [4.69, 9.17) is 21.1 Å². The van der Waals surface area contributed by atoms with Crippen molar-refractivity contribution < 1.29 is 14.6 Å². The molecule has 0 fully saturated rings. The quantitative estimate of drug-likeness (QED) is 0.259. The molecule has 12 heteroatoms. The fourth-order valence-corrected chi connectivity index (χ4v) is 3.76. The molecule has 11 nitrogen and oxygen atoms in total. The molecule has 0 bridgehead atoms. The Morgan fingerprint density at radius 1 is 1.11 bits per heavy atom. The molecule has 0 amide bonds. The van der Waals surface area contributed by atoms with Crippen molar-refractivity contribution in [2.45, 2.75) is 12.6 Å². The first-order chi connectivity index (χ1) is 17.3. The van der Waals surface area contributed by atoms with Crippen molar-refractivity contribution in [2.75, 3.05) is 19.1 Å². The maximum atomic E-state index is 13.0. The van der Waals surface area contributed by atoms with E-state index in [9.17, 15) is 14.7 Å². The number of benzene rings is 2. The number of anilines is 1. The number of ether oxygens (including phenoxy) is 2. The molecule has 2 N–H and O–H groups in total. The molecule has 0 unspecified atom stereocenters. The van der Waals surface area contributed by atoms with Crippen LogP contribution in [0.1, 0.15) is 5.56 Å². The number of aliphatic hydroxyl groups is 1. The second-order valence-corrected chi connectivity index (χ2v) is 8.36. The lowest BCUT2D eigenvalue weighted by Gasteiger charge is -2.15. The molecule has 1 atom stereocenters. The molecular weight excluding hydrogens is 488 g/mol. The summed E-state index contributed by atoms with van der Waals surface area (Å²) in [4.78, 5) is 29.8. The monoisotopic (exact) mass is 512 g/mol. The lowest BCUT2D eigenvalue weighted by molar-refractivity contribution is 0.0938. The van der Waals surface area contributed by atoms with Gasteiger partial charge >= 0.3 is 5.69 Å². The highest BCUT2D eigenvalue weighted by Gasteiger charge is 2.21. The van der Waals surface area contributed by atoms with Crippen LogP contribution in [-0.2, 0) is 20.6 Å². The van der Waals surface area contributed by atoms with Crippen LogP contribution < -0.4 is 26.1 Å². The number of nitrogens with one attached hydrogen (secondary N) is 1. The minimum Gasteiger partial charge on any atom is -0.497 e. The van der Waals surface area contributed by atoms with Gasteiger partial charge < -0.3 is 19.1 Å². The first kappa shape index (κ1) is 25.0. The number of aryl methyl sites for hydroxylation is 1. The molecule has 0 aliphatic rings. The first-order valence-corrected chi connectivity index (χ1v) is 11.3. The van der Waals surface area contributed by atoms with E-state index in [0.29, 0.717) is 22.1 Å². The molecule has 4 aromatic rings. The molecule has 0 aliphatic heterocycles. The highest BCUT2D eigenvalue weighted by molar-refractivity contribution is 6.33. The summed E-state index contributed by atoms with van der Waals surface area (Å²) in [6.07, 6.45) is 0.492. The van der Waals surface area contributed by atoms with Gasteiger partial charge in [-0.15, -0.1) is 0 Å². The van der Waals surface area contributed by atoms with Gasteiger partial charge in [0.15, 0.2) is 11.2 Å². The zero-order valence-corrected chi connectivity index (χ0v) is 20.6. The smallest absolute Gasteiger partial charge is 0.332 e. The molecule has 0 aliphatic carbocycles. The predicted octanol–water partition coefficient (Wildman–Crippen LogP) is 1.98. The van der Waals surface area contributed by atoms with Gasteiger partial charge in [0.2, 0.25) is 5.95 Å². The third kappa shape index (κ3) is 5.11. The average Bonchev–Trinajstić information content (AvgIpc) is 3.24. The van der Waals surface area contributed by atoms with E-state index in [2.05, 4.69) is 15.5 Å². The average molecular weight is 513 g/mol. The number of aliphatic hydroxyl groups excluding tert-OH is 1. The van der Waals surface area contributed by atoms with Gasteiger partial charge in [0, 0.05) is 24.7 Å². The van der Waals surface area contributed by atoms with Gasteiger partial charge in [0.05, 0.1) is 19.9 Å². The number of methoxy groups -OCH3 is 1. The van der Waals surface area contributed by atoms with Crippen LogP contribution >= 0.6 is 11.6 Å². The zero-order valence-electron chi connectivity index (χ0n) is 19.9. The van der Waals surface area contributed by atoms with Crippen molar-refractivity contribution in [2.24, 2.45) is 19.2 Å². The summed E-state index contributed by atoms with van der Waals surface area (Å²) in [5.74, 6) is 1.39. The standard InChI is InChI=1S/C24H25ClN6O5/c1-29-21-20(22(33)30(2)24(29)34)31(13-16(32)14-36-18-10-8-17(35-3)9-11-18)23(27-21)28-26-12-15-6-4-5-7-19(15)25/h4-12,16,32H,13-14H2,1-3H3,(H,27,28)/b26-12-/t16-/m0/s1. The summed E-state index contributed by atoms with van der Waals surface area (Å²) in [6, 6.07) is 14.1. The first-order valence-electron chi connectivity index (χ1n) is 10.9. The normalized spacial score (nSPS) is 12.2. The Bertz CT molecular complexity index is 1520. The van der Waals surface area contributed by atoms with E-state index in [-0.39, 0.29) is 30.3 Å². The minimum absolute atomic E-state index is 0.0515. The van der Waals surface area contributed by atoms with Crippen LogP contribution in [0, 0.1) is 0 Å². The van der Waals surface area contributed by atoms with E-state index < -0.39 is 17.4 Å². The van der Waals surface area contributed by atoms with Crippen LogP contribution in [0.15, 0.2) is 63.2 Å². The fraction of sp³-hybridized carbons (Fsp3) is 0.250. The Balaban J connectivity index is 1.64. The SMILES string of the molecule is COc1ccc(OC[C@@H](O)Cn2c(N/N=C\c3ccccc3Cl)nc3c2c(=O)n(C)c(=O)n3C)cc1. The number of nitrogens with zero attached hydrogens (tertiary/aromatic N) is 5. The molecule has 36 heavy (non-hydrogen) atoms. The van der Waals surface area contributed by atoms with E-state index in [1.54, 1.807) is 49.6 Å². The lowest BCUT2D eigenvalue weighted by Crippen LogP contribution is -2.38. The molecule has 0 saturated heterocycles.